The number of thiazole rings is 1. The van der Waals surface area contributed by atoms with Gasteiger partial charge in [-0.1, -0.05) is 17.7 Å². The summed E-state index contributed by atoms with van der Waals surface area (Å²) in [6, 6.07) is 8.42. The van der Waals surface area contributed by atoms with Crippen LogP contribution in [0.5, 0.6) is 0 Å². The number of likely N-dealkylation sites (tertiary alicyclic amines) is 1. The van der Waals surface area contributed by atoms with Crippen molar-refractivity contribution in [2.45, 2.75) is 6.42 Å². The summed E-state index contributed by atoms with van der Waals surface area (Å²) in [7, 11) is 0. The number of hydrogen-bond donors (Lipinski definition) is 2. The average molecular weight is 476 g/mol. The molecule has 11 heteroatoms. The molecule has 0 unspecified atom stereocenters. The van der Waals surface area contributed by atoms with Crippen LogP contribution in [0, 0.1) is 11.7 Å². The number of carbonyl (C=O) groups is 2. The summed E-state index contributed by atoms with van der Waals surface area (Å²) in [5, 5.41) is 6.96. The van der Waals surface area contributed by atoms with Crippen molar-refractivity contribution in [1.29, 1.82) is 0 Å². The monoisotopic (exact) mass is 475 g/mol. The van der Waals surface area contributed by atoms with E-state index in [4.69, 9.17) is 11.6 Å². The van der Waals surface area contributed by atoms with Crippen molar-refractivity contribution < 1.29 is 14.0 Å². The number of halogens is 2. The normalized spacial score (nSPS) is 15.6. The largest absolute Gasteiger partial charge is 0.350 e. The zero-order valence-corrected chi connectivity index (χ0v) is 18.3. The lowest BCUT2D eigenvalue weighted by molar-refractivity contribution is 0.0943. The summed E-state index contributed by atoms with van der Waals surface area (Å²) >= 11 is 6.93. The molecule has 1 aliphatic rings. The molecule has 1 aromatic carbocycles. The number of anilines is 1. The summed E-state index contributed by atoms with van der Waals surface area (Å²) in [6.07, 6.45) is 2.26. The Morgan fingerprint density at radius 1 is 1.28 bits per heavy atom. The Morgan fingerprint density at radius 2 is 2.12 bits per heavy atom. The second kappa shape index (κ2) is 9.49. The van der Waals surface area contributed by atoms with Gasteiger partial charge in [-0.25, -0.2) is 14.2 Å². The van der Waals surface area contributed by atoms with Crippen molar-refractivity contribution in [2.24, 2.45) is 5.92 Å². The summed E-state index contributed by atoms with van der Waals surface area (Å²) < 4.78 is 16.2. The molecule has 3 heterocycles. The summed E-state index contributed by atoms with van der Waals surface area (Å²) in [4.78, 5) is 42.1. The van der Waals surface area contributed by atoms with Crippen LogP contribution in [-0.2, 0) is 0 Å². The highest BCUT2D eigenvalue weighted by Crippen LogP contribution is 2.21. The fourth-order valence-electron chi connectivity index (χ4n) is 3.46. The van der Waals surface area contributed by atoms with Crippen LogP contribution in [0.25, 0.3) is 5.69 Å². The standard InChI is InChI=1S/C21H19ClFN5O3S/c22-20-25-17(12-32-20)19(30)24-10-13-6-8-27(11-13)21(31)26-16-5-4-14(9-15(16)23)28-7-2-1-3-18(28)29/h1-5,7,9,12-13H,6,8,10-11H2,(H,24,30)(H,26,31)/t13-/m1/s1. The number of rotatable bonds is 5. The van der Waals surface area contributed by atoms with Crippen LogP contribution >= 0.6 is 22.9 Å². The average Bonchev–Trinajstić information content (AvgIpc) is 3.43. The molecule has 1 fully saturated rings. The van der Waals surface area contributed by atoms with Gasteiger partial charge < -0.3 is 15.5 Å². The fourth-order valence-corrected chi connectivity index (χ4v) is 4.20. The second-order valence-corrected chi connectivity index (χ2v) is 8.74. The molecule has 3 amide bonds. The molecule has 0 aliphatic carbocycles. The number of amides is 3. The van der Waals surface area contributed by atoms with E-state index in [-0.39, 0.29) is 28.8 Å². The molecule has 2 aromatic heterocycles. The zero-order chi connectivity index (χ0) is 22.7. The molecule has 166 valence electrons. The van der Waals surface area contributed by atoms with Gasteiger partial charge >= 0.3 is 6.03 Å². The van der Waals surface area contributed by atoms with Gasteiger partial charge in [0, 0.05) is 43.3 Å². The van der Waals surface area contributed by atoms with E-state index in [0.717, 1.165) is 0 Å². The van der Waals surface area contributed by atoms with Crippen molar-refractivity contribution in [1.82, 2.24) is 19.8 Å². The number of nitrogens with one attached hydrogen (secondary N) is 2. The number of carbonyl (C=O) groups excluding carboxylic acids is 2. The molecule has 0 saturated carbocycles. The lowest BCUT2D eigenvalue weighted by Crippen LogP contribution is -2.35. The van der Waals surface area contributed by atoms with Gasteiger partial charge in [0.15, 0.2) is 4.47 Å². The third kappa shape index (κ3) is 4.97. The van der Waals surface area contributed by atoms with Gasteiger partial charge in [0.2, 0.25) is 0 Å². The van der Waals surface area contributed by atoms with Crippen LogP contribution in [0.2, 0.25) is 4.47 Å². The van der Waals surface area contributed by atoms with E-state index < -0.39 is 11.8 Å². The fraction of sp³-hybridized carbons (Fsp3) is 0.238. The van der Waals surface area contributed by atoms with E-state index in [1.807, 2.05) is 0 Å². The first-order valence-corrected chi connectivity index (χ1v) is 11.1. The molecule has 0 bridgehead atoms. The third-order valence-electron chi connectivity index (χ3n) is 5.13. The van der Waals surface area contributed by atoms with Gasteiger partial charge in [0.25, 0.3) is 11.5 Å². The Morgan fingerprint density at radius 3 is 2.84 bits per heavy atom. The first kappa shape index (κ1) is 22.0. The molecule has 1 atom stereocenters. The molecule has 8 nitrogen and oxygen atoms in total. The van der Waals surface area contributed by atoms with Gasteiger partial charge in [-0.15, -0.1) is 11.3 Å². The maximum atomic E-state index is 14.6. The number of hydrogen-bond acceptors (Lipinski definition) is 5. The maximum absolute atomic E-state index is 14.6. The van der Waals surface area contributed by atoms with Crippen LogP contribution in [0.3, 0.4) is 0 Å². The highest BCUT2D eigenvalue weighted by Gasteiger charge is 2.27. The molecule has 1 aliphatic heterocycles. The lowest BCUT2D eigenvalue weighted by atomic mass is 10.1. The zero-order valence-electron chi connectivity index (χ0n) is 16.8. The molecule has 1 saturated heterocycles. The Labute approximate surface area is 191 Å². The van der Waals surface area contributed by atoms with Crippen molar-refractivity contribution in [3.8, 4) is 5.69 Å². The van der Waals surface area contributed by atoms with E-state index in [2.05, 4.69) is 15.6 Å². The molecule has 2 N–H and O–H groups in total. The van der Waals surface area contributed by atoms with Crippen LogP contribution in [0.15, 0.2) is 52.8 Å². The molecule has 32 heavy (non-hydrogen) atoms. The minimum Gasteiger partial charge on any atom is -0.350 e. The second-order valence-electron chi connectivity index (χ2n) is 7.30. The van der Waals surface area contributed by atoms with Gasteiger partial charge in [-0.05, 0) is 30.5 Å². The van der Waals surface area contributed by atoms with Gasteiger partial charge in [0.1, 0.15) is 11.5 Å². The molecular weight excluding hydrogens is 457 g/mol. The van der Waals surface area contributed by atoms with Crippen molar-refractivity contribution in [3.63, 3.8) is 0 Å². The van der Waals surface area contributed by atoms with Gasteiger partial charge in [-0.2, -0.15) is 0 Å². The predicted octanol–water partition coefficient (Wildman–Crippen LogP) is 3.37. The number of aromatic nitrogens is 2. The Balaban J connectivity index is 1.32. The Bertz CT molecular complexity index is 1210. The number of urea groups is 1. The molecule has 3 aromatic rings. The van der Waals surface area contributed by atoms with Crippen LogP contribution in [-0.4, -0.2) is 46.0 Å². The number of pyridine rings is 1. The SMILES string of the molecule is O=C(NC[C@H]1CCN(C(=O)Nc2ccc(-n3ccccc3=O)cc2F)C1)c1csc(Cl)n1. The van der Waals surface area contributed by atoms with E-state index in [1.165, 1.54) is 34.1 Å². The van der Waals surface area contributed by atoms with Gasteiger partial charge in [0.05, 0.1) is 11.4 Å². The van der Waals surface area contributed by atoms with Crippen LogP contribution < -0.4 is 16.2 Å². The van der Waals surface area contributed by atoms with Crippen molar-refractivity contribution in [3.05, 3.63) is 74.3 Å². The summed E-state index contributed by atoms with van der Waals surface area (Å²) in [5.74, 6) is -0.872. The number of benzene rings is 1. The Kier molecular flexibility index (Phi) is 6.52. The van der Waals surface area contributed by atoms with Crippen LogP contribution in [0.4, 0.5) is 14.9 Å². The van der Waals surface area contributed by atoms with E-state index >= 15 is 0 Å². The van der Waals surface area contributed by atoms with E-state index in [0.29, 0.717) is 36.2 Å². The minimum absolute atomic E-state index is 0.0277. The summed E-state index contributed by atoms with van der Waals surface area (Å²) in [5.41, 5.74) is 0.380. The van der Waals surface area contributed by atoms with Crippen molar-refractivity contribution in [2.75, 3.05) is 25.0 Å². The third-order valence-corrected chi connectivity index (χ3v) is 6.11. The molecule has 0 radical (unpaired) electrons. The topological polar surface area (TPSA) is 96.3 Å². The van der Waals surface area contributed by atoms with Gasteiger partial charge in [-0.3, -0.25) is 14.2 Å². The predicted molar refractivity (Wildman–Crippen MR) is 120 cm³/mol. The van der Waals surface area contributed by atoms with Crippen LogP contribution in [0.1, 0.15) is 16.9 Å². The smallest absolute Gasteiger partial charge is 0.321 e. The highest BCUT2D eigenvalue weighted by molar-refractivity contribution is 7.14. The summed E-state index contributed by atoms with van der Waals surface area (Å²) in [6.45, 7) is 1.32. The lowest BCUT2D eigenvalue weighted by Gasteiger charge is -2.18. The highest BCUT2D eigenvalue weighted by atomic mass is 35.5. The van der Waals surface area contributed by atoms with E-state index in [1.54, 1.807) is 34.7 Å². The molecule has 4 rings (SSSR count). The minimum atomic E-state index is -0.642. The molecule has 0 spiro atoms. The van der Waals surface area contributed by atoms with Crippen molar-refractivity contribution >= 4 is 40.6 Å². The molecular formula is C21H19ClFN5O3S. The first-order valence-electron chi connectivity index (χ1n) is 9.83. The van der Waals surface area contributed by atoms with E-state index in [9.17, 15) is 18.8 Å². The first-order chi connectivity index (χ1) is 15.4. The maximum Gasteiger partial charge on any atom is 0.321 e. The quantitative estimate of drug-likeness (QED) is 0.591. The number of nitrogens with zero attached hydrogens (tertiary/aromatic N) is 3. The Hall–Kier alpha value is -3.24.